The van der Waals surface area contributed by atoms with Crippen LogP contribution >= 0.6 is 0 Å². The van der Waals surface area contributed by atoms with Crippen LogP contribution in [0.1, 0.15) is 21.5 Å². The standard InChI is InChI=1S/C28H30FN3O3S/c1-36(34,35)32(22-25-11-5-6-12-27(25)29)26-15-13-24(14-16-26)28(33)31-20-18-30(19-21-31)17-7-10-23-8-3-2-4-9-23/h2-16H,17-22H2,1H3/b10-7+. The molecule has 0 bridgehead atoms. The van der Waals surface area contributed by atoms with Crippen LogP contribution in [0.3, 0.4) is 0 Å². The van der Waals surface area contributed by atoms with E-state index in [1.165, 1.54) is 6.07 Å². The van der Waals surface area contributed by atoms with E-state index < -0.39 is 15.8 Å². The molecule has 0 aromatic heterocycles. The van der Waals surface area contributed by atoms with Crippen molar-refractivity contribution in [3.8, 4) is 0 Å². The van der Waals surface area contributed by atoms with Gasteiger partial charge >= 0.3 is 0 Å². The van der Waals surface area contributed by atoms with Crippen LogP contribution < -0.4 is 4.31 Å². The van der Waals surface area contributed by atoms with Gasteiger partial charge in [-0.3, -0.25) is 14.0 Å². The average Bonchev–Trinajstić information content (AvgIpc) is 2.88. The van der Waals surface area contributed by atoms with Gasteiger partial charge in [-0.1, -0.05) is 60.7 Å². The summed E-state index contributed by atoms with van der Waals surface area (Å²) in [5.74, 6) is -0.548. The van der Waals surface area contributed by atoms with Crippen LogP contribution in [-0.4, -0.2) is 63.1 Å². The summed E-state index contributed by atoms with van der Waals surface area (Å²) in [6, 6.07) is 22.7. The molecule has 0 spiro atoms. The van der Waals surface area contributed by atoms with Crippen LogP contribution in [0, 0.1) is 5.82 Å². The lowest BCUT2D eigenvalue weighted by Crippen LogP contribution is -2.48. The third-order valence-electron chi connectivity index (χ3n) is 6.21. The Hall–Kier alpha value is -3.49. The molecule has 4 rings (SSSR count). The quantitative estimate of drug-likeness (QED) is 0.457. The zero-order valence-electron chi connectivity index (χ0n) is 20.3. The van der Waals surface area contributed by atoms with Gasteiger partial charge in [0.25, 0.3) is 5.91 Å². The molecule has 1 heterocycles. The molecule has 0 N–H and O–H groups in total. The van der Waals surface area contributed by atoms with E-state index in [1.807, 2.05) is 23.1 Å². The van der Waals surface area contributed by atoms with Gasteiger partial charge in [-0.15, -0.1) is 0 Å². The first-order valence-electron chi connectivity index (χ1n) is 11.9. The van der Waals surface area contributed by atoms with Crippen molar-refractivity contribution >= 4 is 27.7 Å². The molecule has 1 saturated heterocycles. The number of anilines is 1. The van der Waals surface area contributed by atoms with E-state index in [2.05, 4.69) is 29.2 Å². The Balaban J connectivity index is 1.36. The Kier molecular flexibility index (Phi) is 8.18. The molecule has 8 heteroatoms. The van der Waals surface area contributed by atoms with Crippen molar-refractivity contribution in [3.63, 3.8) is 0 Å². The van der Waals surface area contributed by atoms with E-state index in [1.54, 1.807) is 42.5 Å². The first kappa shape index (κ1) is 25.6. The molecule has 188 valence electrons. The Morgan fingerprint density at radius 1 is 0.917 bits per heavy atom. The summed E-state index contributed by atoms with van der Waals surface area (Å²) in [5, 5.41) is 0. The highest BCUT2D eigenvalue weighted by Gasteiger charge is 2.23. The normalized spacial score (nSPS) is 14.8. The molecule has 1 aliphatic heterocycles. The van der Waals surface area contributed by atoms with Crippen LogP contribution in [0.4, 0.5) is 10.1 Å². The number of halogens is 1. The zero-order valence-corrected chi connectivity index (χ0v) is 21.1. The van der Waals surface area contributed by atoms with Crippen LogP contribution in [0.2, 0.25) is 0 Å². The van der Waals surface area contributed by atoms with Crippen molar-refractivity contribution < 1.29 is 17.6 Å². The summed E-state index contributed by atoms with van der Waals surface area (Å²) in [6.07, 6.45) is 5.33. The largest absolute Gasteiger partial charge is 0.336 e. The van der Waals surface area contributed by atoms with Crippen molar-refractivity contribution in [2.24, 2.45) is 0 Å². The van der Waals surface area contributed by atoms with E-state index in [0.717, 1.165) is 35.8 Å². The van der Waals surface area contributed by atoms with E-state index in [9.17, 15) is 17.6 Å². The van der Waals surface area contributed by atoms with Gasteiger partial charge in [0, 0.05) is 43.9 Å². The Morgan fingerprint density at radius 3 is 2.19 bits per heavy atom. The van der Waals surface area contributed by atoms with Crippen LogP contribution in [0.15, 0.2) is 84.9 Å². The highest BCUT2D eigenvalue weighted by Crippen LogP contribution is 2.23. The lowest BCUT2D eigenvalue weighted by Gasteiger charge is -2.34. The predicted octanol–water partition coefficient (Wildman–Crippen LogP) is 4.26. The Labute approximate surface area is 212 Å². The molecule has 0 unspecified atom stereocenters. The van der Waals surface area contributed by atoms with Crippen molar-refractivity contribution in [1.82, 2.24) is 9.80 Å². The lowest BCUT2D eigenvalue weighted by atomic mass is 10.1. The fourth-order valence-electron chi connectivity index (χ4n) is 4.17. The fraction of sp³-hybridized carbons (Fsp3) is 0.250. The first-order valence-corrected chi connectivity index (χ1v) is 13.7. The van der Waals surface area contributed by atoms with Crippen LogP contribution in [0.25, 0.3) is 6.08 Å². The first-order chi connectivity index (χ1) is 17.3. The molecule has 3 aromatic carbocycles. The predicted molar refractivity (Wildman–Crippen MR) is 142 cm³/mol. The number of hydrogen-bond acceptors (Lipinski definition) is 4. The van der Waals surface area contributed by atoms with Crippen molar-refractivity contribution in [2.75, 3.05) is 43.3 Å². The van der Waals surface area contributed by atoms with Gasteiger partial charge in [-0.05, 0) is 35.9 Å². The summed E-state index contributed by atoms with van der Waals surface area (Å²) in [6.45, 7) is 3.53. The third-order valence-corrected chi connectivity index (χ3v) is 7.35. The number of sulfonamides is 1. The van der Waals surface area contributed by atoms with Crippen LogP contribution in [-0.2, 0) is 16.6 Å². The second-order valence-electron chi connectivity index (χ2n) is 8.81. The minimum atomic E-state index is -3.66. The van der Waals surface area contributed by atoms with Gasteiger partial charge in [0.05, 0.1) is 18.5 Å². The number of carbonyl (C=O) groups excluding carboxylic acids is 1. The molecule has 0 atom stereocenters. The Morgan fingerprint density at radius 2 is 1.56 bits per heavy atom. The number of hydrogen-bond donors (Lipinski definition) is 0. The van der Waals surface area contributed by atoms with Crippen molar-refractivity contribution in [2.45, 2.75) is 6.54 Å². The molecule has 0 aliphatic carbocycles. The molecular weight excluding hydrogens is 477 g/mol. The molecule has 1 fully saturated rings. The SMILES string of the molecule is CS(=O)(=O)N(Cc1ccccc1F)c1ccc(C(=O)N2CCN(C/C=C/c3ccccc3)CC2)cc1. The smallest absolute Gasteiger partial charge is 0.253 e. The number of carbonyl (C=O) groups is 1. The van der Waals surface area contributed by atoms with E-state index >= 15 is 0 Å². The number of piperazine rings is 1. The maximum atomic E-state index is 14.1. The van der Waals surface area contributed by atoms with Crippen molar-refractivity contribution in [1.29, 1.82) is 0 Å². The highest BCUT2D eigenvalue weighted by atomic mass is 32.2. The second-order valence-corrected chi connectivity index (χ2v) is 10.7. The van der Waals surface area contributed by atoms with Gasteiger partial charge in [-0.2, -0.15) is 0 Å². The lowest BCUT2D eigenvalue weighted by molar-refractivity contribution is 0.0650. The van der Waals surface area contributed by atoms with Gasteiger partial charge in [0.15, 0.2) is 0 Å². The fourth-order valence-corrected chi connectivity index (χ4v) is 5.05. The van der Waals surface area contributed by atoms with E-state index in [-0.39, 0.29) is 18.0 Å². The molecule has 6 nitrogen and oxygen atoms in total. The summed E-state index contributed by atoms with van der Waals surface area (Å²) < 4.78 is 40.1. The minimum absolute atomic E-state index is 0.0824. The van der Waals surface area contributed by atoms with Gasteiger partial charge in [0.1, 0.15) is 5.82 Å². The maximum absolute atomic E-state index is 14.1. The zero-order chi connectivity index (χ0) is 25.5. The molecule has 0 radical (unpaired) electrons. The van der Waals surface area contributed by atoms with E-state index in [4.69, 9.17) is 0 Å². The number of amides is 1. The third kappa shape index (κ3) is 6.59. The Bertz CT molecular complexity index is 1300. The number of benzene rings is 3. The van der Waals surface area contributed by atoms with Crippen molar-refractivity contribution in [3.05, 3.63) is 107 Å². The summed E-state index contributed by atoms with van der Waals surface area (Å²) >= 11 is 0. The van der Waals surface area contributed by atoms with Gasteiger partial charge in [-0.25, -0.2) is 12.8 Å². The summed E-state index contributed by atoms with van der Waals surface area (Å²) in [5.41, 5.74) is 2.32. The highest BCUT2D eigenvalue weighted by molar-refractivity contribution is 7.92. The average molecular weight is 508 g/mol. The molecule has 1 aliphatic rings. The maximum Gasteiger partial charge on any atom is 0.253 e. The monoisotopic (exact) mass is 507 g/mol. The molecule has 0 saturated carbocycles. The number of nitrogens with zero attached hydrogens (tertiary/aromatic N) is 3. The summed E-state index contributed by atoms with van der Waals surface area (Å²) in [7, 11) is -3.66. The van der Waals surface area contributed by atoms with E-state index in [0.29, 0.717) is 24.3 Å². The second kappa shape index (κ2) is 11.5. The molecular formula is C28H30FN3O3S. The summed E-state index contributed by atoms with van der Waals surface area (Å²) in [4.78, 5) is 17.2. The topological polar surface area (TPSA) is 60.9 Å². The molecule has 36 heavy (non-hydrogen) atoms. The number of rotatable bonds is 8. The molecule has 1 amide bonds. The van der Waals surface area contributed by atoms with Gasteiger partial charge in [0.2, 0.25) is 10.0 Å². The van der Waals surface area contributed by atoms with Crippen LogP contribution in [0.5, 0.6) is 0 Å². The molecule has 3 aromatic rings. The van der Waals surface area contributed by atoms with Gasteiger partial charge < -0.3 is 4.90 Å². The minimum Gasteiger partial charge on any atom is -0.336 e.